The minimum Gasteiger partial charge on any atom is -0.375 e. The number of nitrogens with zero attached hydrogens (tertiary/aromatic N) is 1. The van der Waals surface area contributed by atoms with E-state index in [9.17, 15) is 22.0 Å². The zero-order valence-corrected chi connectivity index (χ0v) is 9.37. The number of hydrogen-bond donors (Lipinski definition) is 1. The third-order valence-electron chi connectivity index (χ3n) is 2.18. The molecule has 0 bridgehead atoms. The summed E-state index contributed by atoms with van der Waals surface area (Å²) in [4.78, 5) is 3.55. The monoisotopic (exact) mass is 280 g/mol. The number of anilines is 1. The summed E-state index contributed by atoms with van der Waals surface area (Å²) in [7, 11) is 0. The predicted octanol–water partition coefficient (Wildman–Crippen LogP) is 3.69. The molecule has 0 fully saturated rings. The summed E-state index contributed by atoms with van der Waals surface area (Å²) in [5.74, 6) is -2.96. The van der Waals surface area contributed by atoms with Gasteiger partial charge in [-0.2, -0.15) is 13.2 Å². The molecule has 1 heterocycles. The van der Waals surface area contributed by atoms with Crippen molar-refractivity contribution in [3.8, 4) is 11.3 Å². The summed E-state index contributed by atoms with van der Waals surface area (Å²) in [6.45, 7) is 0. The molecular weight excluding hydrogens is 275 g/mol. The first-order valence-electron chi connectivity index (χ1n) is 4.57. The van der Waals surface area contributed by atoms with E-state index in [0.717, 1.165) is 16.7 Å². The van der Waals surface area contributed by atoms with E-state index < -0.39 is 28.9 Å². The first-order valence-corrected chi connectivity index (χ1v) is 5.45. The highest BCUT2D eigenvalue weighted by atomic mass is 32.1. The molecule has 2 nitrogen and oxygen atoms in total. The van der Waals surface area contributed by atoms with E-state index in [1.807, 2.05) is 0 Å². The average Bonchev–Trinajstić information content (AvgIpc) is 2.66. The van der Waals surface area contributed by atoms with Crippen LogP contribution in [0.3, 0.4) is 0 Å². The summed E-state index contributed by atoms with van der Waals surface area (Å²) in [5, 5.41) is 1.12. The van der Waals surface area contributed by atoms with E-state index in [1.165, 1.54) is 0 Å². The van der Waals surface area contributed by atoms with Gasteiger partial charge in [0, 0.05) is 5.38 Å². The maximum atomic E-state index is 13.5. The van der Waals surface area contributed by atoms with Crippen molar-refractivity contribution < 1.29 is 22.0 Å². The van der Waals surface area contributed by atoms with Crippen molar-refractivity contribution in [1.29, 1.82) is 0 Å². The number of benzene rings is 1. The molecule has 0 unspecified atom stereocenters. The molecule has 0 saturated carbocycles. The summed E-state index contributed by atoms with van der Waals surface area (Å²) in [6, 6.07) is 0.903. The van der Waals surface area contributed by atoms with Crippen LogP contribution >= 0.6 is 11.3 Å². The quantitative estimate of drug-likeness (QED) is 0.809. The van der Waals surface area contributed by atoms with Crippen molar-refractivity contribution in [2.24, 2.45) is 0 Å². The third kappa shape index (κ3) is 2.15. The highest BCUT2D eigenvalue weighted by Gasteiger charge is 2.36. The summed E-state index contributed by atoms with van der Waals surface area (Å²) in [5.41, 5.74) is 2.74. The van der Waals surface area contributed by atoms with Crippen molar-refractivity contribution >= 4 is 16.5 Å². The van der Waals surface area contributed by atoms with Crippen LogP contribution < -0.4 is 5.73 Å². The van der Waals surface area contributed by atoms with E-state index in [4.69, 9.17) is 5.73 Å². The van der Waals surface area contributed by atoms with Gasteiger partial charge >= 0.3 is 6.18 Å². The lowest BCUT2D eigenvalue weighted by molar-refractivity contribution is -0.137. The topological polar surface area (TPSA) is 38.9 Å². The number of rotatable bonds is 1. The first-order chi connectivity index (χ1) is 8.30. The van der Waals surface area contributed by atoms with Crippen LogP contribution in [0.25, 0.3) is 11.3 Å². The Balaban J connectivity index is 2.74. The van der Waals surface area contributed by atoms with E-state index in [-0.39, 0.29) is 10.8 Å². The normalized spacial score (nSPS) is 11.8. The molecule has 0 aliphatic rings. The molecular formula is C10H5F5N2S. The maximum absolute atomic E-state index is 13.5. The van der Waals surface area contributed by atoms with Gasteiger partial charge in [0.25, 0.3) is 0 Å². The zero-order valence-electron chi connectivity index (χ0n) is 8.55. The molecule has 0 aliphatic heterocycles. The lowest BCUT2D eigenvalue weighted by atomic mass is 10.0. The molecule has 1 aromatic carbocycles. The molecule has 2 rings (SSSR count). The van der Waals surface area contributed by atoms with Crippen LogP contribution in [0.2, 0.25) is 0 Å². The SMILES string of the molecule is Nc1nc(-c2c(C(F)(F)F)ccc(F)c2F)cs1. The number of nitrogen functional groups attached to an aromatic ring is 1. The molecule has 8 heteroatoms. The van der Waals surface area contributed by atoms with Gasteiger partial charge in [0.15, 0.2) is 16.8 Å². The fourth-order valence-electron chi connectivity index (χ4n) is 1.44. The van der Waals surface area contributed by atoms with Crippen LogP contribution in [0, 0.1) is 11.6 Å². The van der Waals surface area contributed by atoms with Gasteiger partial charge in [-0.3, -0.25) is 0 Å². The van der Waals surface area contributed by atoms with Crippen LogP contribution in [-0.4, -0.2) is 4.98 Å². The van der Waals surface area contributed by atoms with Crippen molar-refractivity contribution in [2.45, 2.75) is 6.18 Å². The molecule has 2 N–H and O–H groups in total. The highest BCUT2D eigenvalue weighted by Crippen LogP contribution is 2.39. The number of hydrogen-bond acceptors (Lipinski definition) is 3. The maximum Gasteiger partial charge on any atom is 0.417 e. The Morgan fingerprint density at radius 1 is 1.17 bits per heavy atom. The van der Waals surface area contributed by atoms with Gasteiger partial charge in [0.05, 0.1) is 16.8 Å². The van der Waals surface area contributed by atoms with Crippen LogP contribution in [0.15, 0.2) is 17.5 Å². The van der Waals surface area contributed by atoms with E-state index in [1.54, 1.807) is 0 Å². The van der Waals surface area contributed by atoms with E-state index in [2.05, 4.69) is 4.98 Å². The molecule has 2 aromatic rings. The molecule has 0 spiro atoms. The van der Waals surface area contributed by atoms with Crippen LogP contribution in [0.5, 0.6) is 0 Å². The fourth-order valence-corrected chi connectivity index (χ4v) is 1.99. The second-order valence-corrected chi connectivity index (χ2v) is 4.24. The molecule has 0 radical (unpaired) electrons. The van der Waals surface area contributed by atoms with E-state index >= 15 is 0 Å². The molecule has 96 valence electrons. The van der Waals surface area contributed by atoms with Crippen molar-refractivity contribution in [1.82, 2.24) is 4.98 Å². The molecule has 0 aliphatic carbocycles. The average molecular weight is 280 g/mol. The Morgan fingerprint density at radius 3 is 2.33 bits per heavy atom. The number of nitrogens with two attached hydrogens (primary N) is 1. The Kier molecular flexibility index (Phi) is 2.97. The lowest BCUT2D eigenvalue weighted by Crippen LogP contribution is -2.09. The van der Waals surface area contributed by atoms with E-state index in [0.29, 0.717) is 12.1 Å². The van der Waals surface area contributed by atoms with Crippen molar-refractivity contribution in [2.75, 3.05) is 5.73 Å². The Bertz CT molecular complexity index is 590. The molecule has 0 amide bonds. The second-order valence-electron chi connectivity index (χ2n) is 3.35. The smallest absolute Gasteiger partial charge is 0.375 e. The molecule has 0 saturated heterocycles. The van der Waals surface area contributed by atoms with Crippen LogP contribution in [0.4, 0.5) is 27.1 Å². The molecule has 1 aromatic heterocycles. The summed E-state index contributed by atoms with van der Waals surface area (Å²) < 4.78 is 64.7. The van der Waals surface area contributed by atoms with Gasteiger partial charge in [0.2, 0.25) is 0 Å². The molecule has 0 atom stereocenters. The van der Waals surface area contributed by atoms with Crippen LogP contribution in [0.1, 0.15) is 5.56 Å². The molecule has 18 heavy (non-hydrogen) atoms. The minimum absolute atomic E-state index is 0.0261. The number of thiazole rings is 1. The lowest BCUT2D eigenvalue weighted by Gasteiger charge is -2.12. The Labute approximate surface area is 102 Å². The highest BCUT2D eigenvalue weighted by molar-refractivity contribution is 7.13. The number of alkyl halides is 3. The number of halogens is 5. The Hall–Kier alpha value is -1.70. The zero-order chi connectivity index (χ0) is 13.5. The van der Waals surface area contributed by atoms with Gasteiger partial charge < -0.3 is 5.73 Å². The standard InChI is InChI=1S/C10H5F5N2S/c11-5-2-1-4(10(13,14)15)7(8(5)12)6-3-18-9(16)17-6/h1-3H,(H2,16,17). The third-order valence-corrected chi connectivity index (χ3v) is 2.85. The number of aromatic nitrogens is 1. The summed E-state index contributed by atoms with van der Waals surface area (Å²) in [6.07, 6.45) is -4.80. The van der Waals surface area contributed by atoms with Gasteiger partial charge in [-0.05, 0) is 12.1 Å². The van der Waals surface area contributed by atoms with Crippen molar-refractivity contribution in [3.05, 3.63) is 34.7 Å². The predicted molar refractivity (Wildman–Crippen MR) is 56.9 cm³/mol. The summed E-state index contributed by atoms with van der Waals surface area (Å²) >= 11 is 0.843. The Morgan fingerprint density at radius 2 is 1.83 bits per heavy atom. The van der Waals surface area contributed by atoms with Gasteiger partial charge in [0.1, 0.15) is 0 Å². The van der Waals surface area contributed by atoms with Crippen LogP contribution in [-0.2, 0) is 6.18 Å². The van der Waals surface area contributed by atoms with Gasteiger partial charge in [-0.15, -0.1) is 11.3 Å². The van der Waals surface area contributed by atoms with Gasteiger partial charge in [-0.25, -0.2) is 13.8 Å². The fraction of sp³-hybridized carbons (Fsp3) is 0.100. The van der Waals surface area contributed by atoms with Gasteiger partial charge in [-0.1, -0.05) is 0 Å². The van der Waals surface area contributed by atoms with Crippen molar-refractivity contribution in [3.63, 3.8) is 0 Å². The minimum atomic E-state index is -4.80. The second kappa shape index (κ2) is 4.20. The largest absolute Gasteiger partial charge is 0.417 e. The first kappa shape index (κ1) is 12.7.